The molecule has 0 aliphatic heterocycles. The number of carbonyl (C=O) groups excluding carboxylic acids is 1. The Morgan fingerprint density at radius 1 is 1.24 bits per heavy atom. The molecule has 0 bridgehead atoms. The molecule has 0 unspecified atom stereocenters. The van der Waals surface area contributed by atoms with E-state index in [-0.39, 0.29) is 11.5 Å². The Morgan fingerprint density at radius 3 is 2.72 bits per heavy atom. The standard InChI is InChI=1S/C21H18ClN5O2/c1-12-7-18(26-27(21(12)29)11-13-3-5-15(22)6-4-13)14-8-16-17(20(28)23-2)10-25-19(16)24-9-14/h3-10H,11H2,1-2H3,(H,23,28)(H,24,25). The molecule has 8 heteroatoms. The average Bonchev–Trinajstić information content (AvgIpc) is 3.15. The normalized spacial score (nSPS) is 11.0. The van der Waals surface area contributed by atoms with Crippen LogP contribution in [0, 0.1) is 6.92 Å². The van der Waals surface area contributed by atoms with Gasteiger partial charge in [0.25, 0.3) is 11.5 Å². The van der Waals surface area contributed by atoms with Crippen molar-refractivity contribution >= 4 is 28.5 Å². The Kier molecular flexibility index (Phi) is 4.90. The number of hydrogen-bond acceptors (Lipinski definition) is 4. The zero-order chi connectivity index (χ0) is 20.5. The second-order valence-corrected chi connectivity index (χ2v) is 7.14. The Balaban J connectivity index is 1.78. The van der Waals surface area contributed by atoms with Gasteiger partial charge in [-0.2, -0.15) is 5.10 Å². The van der Waals surface area contributed by atoms with E-state index in [4.69, 9.17) is 11.6 Å². The van der Waals surface area contributed by atoms with Crippen LogP contribution in [0.2, 0.25) is 5.02 Å². The molecule has 4 rings (SSSR count). The van der Waals surface area contributed by atoms with Crippen LogP contribution in [0.3, 0.4) is 0 Å². The van der Waals surface area contributed by atoms with Gasteiger partial charge in [0.15, 0.2) is 0 Å². The summed E-state index contributed by atoms with van der Waals surface area (Å²) in [4.78, 5) is 32.1. The van der Waals surface area contributed by atoms with E-state index in [1.807, 2.05) is 18.2 Å². The lowest BCUT2D eigenvalue weighted by Gasteiger charge is -2.10. The molecule has 0 spiro atoms. The summed E-state index contributed by atoms with van der Waals surface area (Å²) < 4.78 is 1.43. The molecule has 2 N–H and O–H groups in total. The topological polar surface area (TPSA) is 92.7 Å². The largest absolute Gasteiger partial charge is 0.355 e. The molecule has 0 radical (unpaired) electrons. The number of H-pyrrole nitrogens is 1. The van der Waals surface area contributed by atoms with E-state index in [2.05, 4.69) is 20.4 Å². The maximum absolute atomic E-state index is 12.6. The third-order valence-electron chi connectivity index (χ3n) is 4.70. The van der Waals surface area contributed by atoms with Gasteiger partial charge < -0.3 is 10.3 Å². The highest BCUT2D eigenvalue weighted by Gasteiger charge is 2.14. The van der Waals surface area contributed by atoms with Crippen LogP contribution in [-0.4, -0.2) is 32.7 Å². The lowest BCUT2D eigenvalue weighted by Crippen LogP contribution is -2.25. The minimum Gasteiger partial charge on any atom is -0.355 e. The zero-order valence-corrected chi connectivity index (χ0v) is 16.6. The number of halogens is 1. The minimum atomic E-state index is -0.202. The van der Waals surface area contributed by atoms with Crippen LogP contribution in [0.5, 0.6) is 0 Å². The molecule has 29 heavy (non-hydrogen) atoms. The van der Waals surface area contributed by atoms with Gasteiger partial charge in [0.2, 0.25) is 0 Å². The SMILES string of the molecule is CNC(=O)c1c[nH]c2ncc(-c3cc(C)c(=O)n(Cc4ccc(Cl)cc4)n3)cc12. The first kappa shape index (κ1) is 18.9. The summed E-state index contributed by atoms with van der Waals surface area (Å²) in [6.45, 7) is 2.08. The number of carbonyl (C=O) groups is 1. The second kappa shape index (κ2) is 7.52. The molecular weight excluding hydrogens is 390 g/mol. The van der Waals surface area contributed by atoms with Gasteiger partial charge >= 0.3 is 0 Å². The fourth-order valence-corrected chi connectivity index (χ4v) is 3.28. The number of fused-ring (bicyclic) bond motifs is 1. The van der Waals surface area contributed by atoms with Crippen molar-refractivity contribution in [3.63, 3.8) is 0 Å². The number of amides is 1. The van der Waals surface area contributed by atoms with E-state index in [0.717, 1.165) is 11.1 Å². The summed E-state index contributed by atoms with van der Waals surface area (Å²) in [6.07, 6.45) is 3.30. The molecule has 146 valence electrons. The summed E-state index contributed by atoms with van der Waals surface area (Å²) in [7, 11) is 1.58. The van der Waals surface area contributed by atoms with Gasteiger partial charge in [-0.25, -0.2) is 9.67 Å². The maximum Gasteiger partial charge on any atom is 0.270 e. The van der Waals surface area contributed by atoms with Crippen LogP contribution in [0.25, 0.3) is 22.3 Å². The smallest absolute Gasteiger partial charge is 0.270 e. The molecule has 0 atom stereocenters. The molecule has 1 amide bonds. The van der Waals surface area contributed by atoms with Crippen molar-refractivity contribution < 1.29 is 4.79 Å². The van der Waals surface area contributed by atoms with Crippen molar-refractivity contribution in [2.45, 2.75) is 13.5 Å². The first-order valence-electron chi connectivity index (χ1n) is 8.99. The van der Waals surface area contributed by atoms with Crippen LogP contribution < -0.4 is 10.9 Å². The predicted molar refractivity (Wildman–Crippen MR) is 112 cm³/mol. The highest BCUT2D eigenvalue weighted by atomic mass is 35.5. The van der Waals surface area contributed by atoms with E-state index in [9.17, 15) is 9.59 Å². The third kappa shape index (κ3) is 3.64. The molecule has 0 aliphatic rings. The molecule has 7 nitrogen and oxygen atoms in total. The predicted octanol–water partition coefficient (Wildman–Crippen LogP) is 3.16. The average molecular weight is 408 g/mol. The number of pyridine rings is 1. The summed E-state index contributed by atoms with van der Waals surface area (Å²) in [6, 6.07) is 10.9. The number of aryl methyl sites for hydroxylation is 1. The van der Waals surface area contributed by atoms with Gasteiger partial charge in [0.1, 0.15) is 5.65 Å². The van der Waals surface area contributed by atoms with Crippen LogP contribution in [0.15, 0.2) is 53.6 Å². The van der Waals surface area contributed by atoms with Crippen LogP contribution >= 0.6 is 11.6 Å². The van der Waals surface area contributed by atoms with E-state index in [1.54, 1.807) is 44.6 Å². The van der Waals surface area contributed by atoms with Gasteiger partial charge in [-0.1, -0.05) is 23.7 Å². The molecular formula is C21H18ClN5O2. The molecule has 4 aromatic rings. The molecule has 0 aliphatic carbocycles. The van der Waals surface area contributed by atoms with E-state index in [1.165, 1.54) is 4.68 Å². The first-order chi connectivity index (χ1) is 14.0. The van der Waals surface area contributed by atoms with Gasteiger partial charge in [-0.3, -0.25) is 9.59 Å². The van der Waals surface area contributed by atoms with Gasteiger partial charge in [0, 0.05) is 41.0 Å². The van der Waals surface area contributed by atoms with Crippen molar-refractivity contribution in [1.29, 1.82) is 0 Å². The number of aromatic amines is 1. The maximum atomic E-state index is 12.6. The Labute approximate surface area is 171 Å². The number of nitrogens with one attached hydrogen (secondary N) is 2. The van der Waals surface area contributed by atoms with Crippen molar-refractivity contribution in [3.8, 4) is 11.3 Å². The van der Waals surface area contributed by atoms with Crippen molar-refractivity contribution in [2.75, 3.05) is 7.05 Å². The Hall–Kier alpha value is -3.45. The van der Waals surface area contributed by atoms with Crippen LogP contribution in [-0.2, 0) is 6.54 Å². The summed E-state index contributed by atoms with van der Waals surface area (Å²) in [5.41, 5.74) is 3.77. The highest BCUT2D eigenvalue weighted by Crippen LogP contribution is 2.23. The van der Waals surface area contributed by atoms with E-state index < -0.39 is 0 Å². The lowest BCUT2D eigenvalue weighted by atomic mass is 10.1. The number of hydrogen-bond donors (Lipinski definition) is 2. The summed E-state index contributed by atoms with van der Waals surface area (Å²) >= 11 is 5.94. The molecule has 3 heterocycles. The summed E-state index contributed by atoms with van der Waals surface area (Å²) in [5.74, 6) is -0.202. The monoisotopic (exact) mass is 407 g/mol. The van der Waals surface area contributed by atoms with Crippen molar-refractivity contribution in [1.82, 2.24) is 25.1 Å². The van der Waals surface area contributed by atoms with Crippen molar-refractivity contribution in [3.05, 3.63) is 80.9 Å². The molecule has 0 fully saturated rings. The quantitative estimate of drug-likeness (QED) is 0.543. The van der Waals surface area contributed by atoms with Crippen LogP contribution in [0.4, 0.5) is 0 Å². The molecule has 0 saturated heterocycles. The first-order valence-corrected chi connectivity index (χ1v) is 9.37. The van der Waals surface area contributed by atoms with Crippen molar-refractivity contribution in [2.24, 2.45) is 0 Å². The fraction of sp³-hybridized carbons (Fsp3) is 0.143. The Bertz CT molecular complexity index is 1270. The fourth-order valence-electron chi connectivity index (χ4n) is 3.15. The molecule has 1 aromatic carbocycles. The van der Waals surface area contributed by atoms with Gasteiger partial charge in [0.05, 0.1) is 17.8 Å². The second-order valence-electron chi connectivity index (χ2n) is 6.70. The van der Waals surface area contributed by atoms with E-state index in [0.29, 0.717) is 39.4 Å². The number of rotatable bonds is 4. The number of aromatic nitrogens is 4. The highest BCUT2D eigenvalue weighted by molar-refractivity contribution is 6.30. The molecule has 0 saturated carbocycles. The minimum absolute atomic E-state index is 0.162. The molecule has 3 aromatic heterocycles. The zero-order valence-electron chi connectivity index (χ0n) is 15.9. The van der Waals surface area contributed by atoms with Gasteiger partial charge in [-0.05, 0) is 36.8 Å². The summed E-state index contributed by atoms with van der Waals surface area (Å²) in [5, 5.41) is 8.47. The van der Waals surface area contributed by atoms with Gasteiger partial charge in [-0.15, -0.1) is 0 Å². The lowest BCUT2D eigenvalue weighted by molar-refractivity contribution is 0.0965. The Morgan fingerprint density at radius 2 is 2.00 bits per heavy atom. The van der Waals surface area contributed by atoms with Crippen LogP contribution in [0.1, 0.15) is 21.5 Å². The number of benzene rings is 1. The third-order valence-corrected chi connectivity index (χ3v) is 4.95. The van der Waals surface area contributed by atoms with E-state index >= 15 is 0 Å². The number of nitrogens with zero attached hydrogens (tertiary/aromatic N) is 3.